The molecule has 2 aliphatic carbocycles. The van der Waals surface area contributed by atoms with Gasteiger partial charge in [-0.3, -0.25) is 4.79 Å². The van der Waals surface area contributed by atoms with Crippen LogP contribution in [0, 0.1) is 23.2 Å². The van der Waals surface area contributed by atoms with Crippen molar-refractivity contribution in [2.24, 2.45) is 23.2 Å². The molecular weight excluding hydrogens is 375 g/mol. The van der Waals surface area contributed by atoms with Crippen molar-refractivity contribution in [1.29, 1.82) is 0 Å². The highest BCUT2D eigenvalue weighted by Crippen LogP contribution is 2.58. The molecule has 0 unspecified atom stereocenters. The SMILES string of the molecule is C[C@H](CCP(=O)(c1ccccc1)c1ccccc1)[C@H]1CC[C@H]2CC(=O)CC[C@@]21C. The Kier molecular flexibility index (Phi) is 5.85. The number of ketones is 1. The molecule has 0 radical (unpaired) electrons. The largest absolute Gasteiger partial charge is 0.314 e. The van der Waals surface area contributed by atoms with Crippen LogP contribution in [0.1, 0.15) is 52.4 Å². The van der Waals surface area contributed by atoms with Gasteiger partial charge >= 0.3 is 0 Å². The van der Waals surface area contributed by atoms with Gasteiger partial charge in [0.15, 0.2) is 0 Å². The Morgan fingerprint density at radius 1 is 1.00 bits per heavy atom. The van der Waals surface area contributed by atoms with Crippen LogP contribution in [0.3, 0.4) is 0 Å². The Morgan fingerprint density at radius 2 is 1.59 bits per heavy atom. The van der Waals surface area contributed by atoms with Crippen LogP contribution >= 0.6 is 7.14 Å². The van der Waals surface area contributed by atoms with E-state index in [1.165, 1.54) is 12.8 Å². The number of benzene rings is 2. The molecule has 0 amide bonds. The Balaban J connectivity index is 1.54. The lowest BCUT2D eigenvalue weighted by molar-refractivity contribution is -0.125. The van der Waals surface area contributed by atoms with E-state index in [0.717, 1.165) is 42.5 Å². The Bertz CT molecular complexity index is 848. The molecule has 0 saturated heterocycles. The van der Waals surface area contributed by atoms with Gasteiger partial charge in [-0.05, 0) is 48.9 Å². The van der Waals surface area contributed by atoms with Crippen LogP contribution in [0.5, 0.6) is 0 Å². The summed E-state index contributed by atoms with van der Waals surface area (Å²) in [5.41, 5.74) is 0.289. The van der Waals surface area contributed by atoms with Crippen LogP contribution in [-0.4, -0.2) is 11.9 Å². The highest BCUT2D eigenvalue weighted by Gasteiger charge is 2.50. The zero-order valence-corrected chi connectivity index (χ0v) is 18.6. The molecule has 2 fully saturated rings. The number of fused-ring (bicyclic) bond motifs is 1. The van der Waals surface area contributed by atoms with Crippen molar-refractivity contribution in [3.63, 3.8) is 0 Å². The van der Waals surface area contributed by atoms with Crippen molar-refractivity contribution in [3.8, 4) is 0 Å². The first kappa shape index (κ1) is 20.6. The van der Waals surface area contributed by atoms with Crippen molar-refractivity contribution in [3.05, 3.63) is 60.7 Å². The van der Waals surface area contributed by atoms with Gasteiger partial charge in [0.2, 0.25) is 0 Å². The average Bonchev–Trinajstić information content (AvgIpc) is 3.09. The molecule has 4 rings (SSSR count). The second kappa shape index (κ2) is 8.23. The third-order valence-electron chi connectivity index (χ3n) is 7.96. The molecule has 2 aromatic carbocycles. The second-order valence-corrected chi connectivity index (χ2v) is 12.5. The summed E-state index contributed by atoms with van der Waals surface area (Å²) in [4.78, 5) is 12.0. The maximum Gasteiger partial charge on any atom is 0.143 e. The number of hydrogen-bond donors (Lipinski definition) is 0. The molecule has 29 heavy (non-hydrogen) atoms. The van der Waals surface area contributed by atoms with E-state index in [-0.39, 0.29) is 5.41 Å². The van der Waals surface area contributed by atoms with E-state index in [9.17, 15) is 9.36 Å². The van der Waals surface area contributed by atoms with Gasteiger partial charge in [-0.2, -0.15) is 0 Å². The molecule has 154 valence electrons. The monoisotopic (exact) mass is 408 g/mol. The lowest BCUT2D eigenvalue weighted by Crippen LogP contribution is -2.37. The van der Waals surface area contributed by atoms with E-state index in [0.29, 0.717) is 23.5 Å². The van der Waals surface area contributed by atoms with Gasteiger partial charge in [0, 0.05) is 29.6 Å². The first-order valence-corrected chi connectivity index (χ1v) is 13.0. The molecule has 0 aromatic heterocycles. The summed E-state index contributed by atoms with van der Waals surface area (Å²) in [6.45, 7) is 4.78. The summed E-state index contributed by atoms with van der Waals surface area (Å²) in [6.07, 6.45) is 6.68. The third-order valence-corrected chi connectivity index (χ3v) is 11.1. The van der Waals surface area contributed by atoms with E-state index in [4.69, 9.17) is 0 Å². The minimum Gasteiger partial charge on any atom is -0.314 e. The predicted molar refractivity (Wildman–Crippen MR) is 122 cm³/mol. The van der Waals surface area contributed by atoms with Gasteiger partial charge in [-0.25, -0.2) is 0 Å². The molecule has 2 aromatic rings. The summed E-state index contributed by atoms with van der Waals surface area (Å²) in [6, 6.07) is 20.1. The highest BCUT2D eigenvalue weighted by atomic mass is 31.2. The van der Waals surface area contributed by atoms with Crippen LogP contribution in [0.25, 0.3) is 0 Å². The molecule has 2 aliphatic rings. The minimum absolute atomic E-state index is 0.289. The molecule has 4 atom stereocenters. The summed E-state index contributed by atoms with van der Waals surface area (Å²) < 4.78 is 14.3. The standard InChI is InChI=1S/C26H33O2P/c1-20(25-14-13-21-19-22(27)15-17-26(21,25)2)16-18-29(28,23-9-5-3-6-10-23)24-11-7-4-8-12-24/h3-12,20-21,25H,13-19H2,1-2H3/t20-,21+,25-,26+/m1/s1. The van der Waals surface area contributed by atoms with E-state index < -0.39 is 7.14 Å². The van der Waals surface area contributed by atoms with Gasteiger partial charge in [-0.1, -0.05) is 74.5 Å². The second-order valence-electron chi connectivity index (χ2n) is 9.53. The lowest BCUT2D eigenvalue weighted by Gasteiger charge is -2.42. The maximum atomic E-state index is 14.3. The predicted octanol–water partition coefficient (Wildman–Crippen LogP) is 5.81. The first-order chi connectivity index (χ1) is 13.9. The molecule has 0 N–H and O–H groups in total. The zero-order chi connectivity index (χ0) is 20.5. The molecular formula is C26H33O2P. The molecule has 0 bridgehead atoms. The Morgan fingerprint density at radius 3 is 2.17 bits per heavy atom. The van der Waals surface area contributed by atoms with E-state index in [1.54, 1.807) is 0 Å². The van der Waals surface area contributed by atoms with E-state index in [1.807, 2.05) is 60.7 Å². The summed E-state index contributed by atoms with van der Waals surface area (Å²) in [5, 5.41) is 1.94. The van der Waals surface area contributed by atoms with E-state index >= 15 is 0 Å². The summed E-state index contributed by atoms with van der Waals surface area (Å²) >= 11 is 0. The van der Waals surface area contributed by atoms with Gasteiger partial charge in [0.25, 0.3) is 0 Å². The quantitative estimate of drug-likeness (QED) is 0.565. The number of Topliss-reactive ketones (excluding diaryl/α,β-unsaturated/α-hetero) is 1. The number of carbonyl (C=O) groups excluding carboxylic acids is 1. The van der Waals surface area contributed by atoms with Crippen molar-refractivity contribution >= 4 is 23.5 Å². The minimum atomic E-state index is -2.64. The van der Waals surface area contributed by atoms with Crippen LogP contribution in [0.15, 0.2) is 60.7 Å². The smallest absolute Gasteiger partial charge is 0.143 e. The highest BCUT2D eigenvalue weighted by molar-refractivity contribution is 7.78. The van der Waals surface area contributed by atoms with Crippen LogP contribution in [-0.2, 0) is 9.36 Å². The molecule has 0 aliphatic heterocycles. The maximum absolute atomic E-state index is 14.3. The van der Waals surface area contributed by atoms with Crippen LogP contribution < -0.4 is 10.6 Å². The summed E-state index contributed by atoms with van der Waals surface area (Å²) in [5.74, 6) is 2.18. The van der Waals surface area contributed by atoms with Gasteiger partial charge in [0.1, 0.15) is 12.9 Å². The number of hydrogen-bond acceptors (Lipinski definition) is 2. The van der Waals surface area contributed by atoms with E-state index in [2.05, 4.69) is 13.8 Å². The molecule has 0 spiro atoms. The van der Waals surface area contributed by atoms with Crippen molar-refractivity contribution in [2.75, 3.05) is 6.16 Å². The molecule has 2 nitrogen and oxygen atoms in total. The van der Waals surface area contributed by atoms with Crippen molar-refractivity contribution in [2.45, 2.75) is 52.4 Å². The van der Waals surface area contributed by atoms with Crippen LogP contribution in [0.4, 0.5) is 0 Å². The zero-order valence-electron chi connectivity index (χ0n) is 17.7. The van der Waals surface area contributed by atoms with Crippen molar-refractivity contribution < 1.29 is 9.36 Å². The fourth-order valence-corrected chi connectivity index (χ4v) is 9.01. The Labute approximate surface area is 175 Å². The first-order valence-electron chi connectivity index (χ1n) is 11.2. The lowest BCUT2D eigenvalue weighted by atomic mass is 9.62. The molecule has 0 heterocycles. The molecule has 3 heteroatoms. The van der Waals surface area contributed by atoms with Gasteiger partial charge in [-0.15, -0.1) is 0 Å². The van der Waals surface area contributed by atoms with Crippen LogP contribution in [0.2, 0.25) is 0 Å². The average molecular weight is 409 g/mol. The number of carbonyl (C=O) groups is 1. The number of rotatable bonds is 6. The Hall–Kier alpha value is -1.66. The van der Waals surface area contributed by atoms with Gasteiger partial charge < -0.3 is 4.57 Å². The third kappa shape index (κ3) is 3.89. The van der Waals surface area contributed by atoms with Gasteiger partial charge in [0.05, 0.1) is 0 Å². The topological polar surface area (TPSA) is 34.1 Å². The summed E-state index contributed by atoms with van der Waals surface area (Å²) in [7, 11) is -2.64. The molecule has 2 saturated carbocycles. The van der Waals surface area contributed by atoms with Crippen molar-refractivity contribution in [1.82, 2.24) is 0 Å². The normalized spacial score (nSPS) is 28.1. The fraction of sp³-hybridized carbons (Fsp3) is 0.500. The fourth-order valence-electron chi connectivity index (χ4n) is 6.12.